The summed E-state index contributed by atoms with van der Waals surface area (Å²) in [5.41, 5.74) is -0.836. The van der Waals surface area contributed by atoms with Crippen molar-refractivity contribution in [2.24, 2.45) is 5.92 Å². The molecule has 0 spiro atoms. The van der Waals surface area contributed by atoms with Gasteiger partial charge in [0.25, 0.3) is 0 Å². The van der Waals surface area contributed by atoms with Crippen LogP contribution in [0.15, 0.2) is 48.5 Å². The molecule has 33 heavy (non-hydrogen) atoms. The fraction of sp³-hybridized carbons (Fsp3) is 0.348. The Labute approximate surface area is 192 Å². The second-order valence-electron chi connectivity index (χ2n) is 7.06. The average Bonchev–Trinajstić information content (AvgIpc) is 2.84. The van der Waals surface area contributed by atoms with E-state index < -0.39 is 17.3 Å². The number of carbonyl (C=O) groups excluding carboxylic acids is 1. The third kappa shape index (κ3) is 5.87. The number of phenolic OH excluding ortho intramolecular Hbond substituents is 1. The third-order valence-electron chi connectivity index (χ3n) is 5.20. The number of hydrogen-bond donors (Lipinski definition) is 2. The van der Waals surface area contributed by atoms with Gasteiger partial charge in [-0.05, 0) is 12.1 Å². The Hall–Kier alpha value is -3.45. The van der Waals surface area contributed by atoms with Crippen molar-refractivity contribution in [1.29, 1.82) is 5.26 Å². The minimum atomic E-state index is -1.19. The maximum absolute atomic E-state index is 14.5. The molecule has 174 valence electrons. The van der Waals surface area contributed by atoms with Crippen molar-refractivity contribution in [1.82, 2.24) is 10.2 Å². The molecule has 0 aromatic heterocycles. The van der Waals surface area contributed by atoms with Crippen molar-refractivity contribution in [2.75, 3.05) is 20.3 Å². The topological polar surface area (TPSA) is 94.8 Å². The van der Waals surface area contributed by atoms with Crippen LogP contribution in [0.25, 0.3) is 0 Å². The molecule has 2 saturated heterocycles. The van der Waals surface area contributed by atoms with Crippen molar-refractivity contribution in [3.05, 3.63) is 65.7 Å². The molecule has 0 radical (unpaired) electrons. The first-order chi connectivity index (χ1) is 15.9. The number of ether oxygens (including phenoxy) is 1. The Bertz CT molecular complexity index is 1020. The predicted octanol–water partition coefficient (Wildman–Crippen LogP) is 2.88. The Kier molecular flexibility index (Phi) is 9.36. The zero-order valence-electron chi connectivity index (χ0n) is 18.7. The second kappa shape index (κ2) is 12.0. The number of rotatable bonds is 2. The zero-order valence-corrected chi connectivity index (χ0v) is 18.7. The largest absolute Gasteiger partial charge is 0.207 e. The van der Waals surface area contributed by atoms with Crippen molar-refractivity contribution >= 4 is 18.7 Å². The van der Waals surface area contributed by atoms with Gasteiger partial charge in [0.15, 0.2) is 0 Å². The van der Waals surface area contributed by atoms with Gasteiger partial charge in [0.1, 0.15) is 5.82 Å². The molecule has 2 aliphatic heterocycles. The number of benzene rings is 2. The van der Waals surface area contributed by atoms with Gasteiger partial charge in [-0.2, -0.15) is 0 Å². The molecule has 7 nitrogen and oxygen atoms in total. The third-order valence-corrected chi connectivity index (χ3v) is 5.20. The molecule has 0 aliphatic carbocycles. The Morgan fingerprint density at radius 2 is 1.97 bits per heavy atom. The van der Waals surface area contributed by atoms with Crippen LogP contribution in [0.4, 0.5) is 8.78 Å². The monoisotopic (exact) mass is 457 g/mol. The number of nitrogens with zero attached hydrogens (tertiary/aromatic N) is 2. The maximum atomic E-state index is 14.5. The smallest absolute Gasteiger partial charge is 0.123 e. The number of hydrogen-bond acceptors (Lipinski definition) is 6. The SMILES string of the molecule is CC.CN1C(=O)C2CCOCC2(c2cc(O)ccc2F)NC1=BOC#N.Fc1ccccc1. The van der Waals surface area contributed by atoms with Crippen LogP contribution >= 0.6 is 0 Å². The number of phenols is 1. The first-order valence-electron chi connectivity index (χ1n) is 10.5. The molecule has 10 heteroatoms. The van der Waals surface area contributed by atoms with Gasteiger partial charge in [-0.25, -0.2) is 4.39 Å². The summed E-state index contributed by atoms with van der Waals surface area (Å²) in [6.45, 7) is 4.42. The van der Waals surface area contributed by atoms with Crippen molar-refractivity contribution in [3.8, 4) is 12.0 Å². The molecule has 1 amide bonds. The molecule has 2 aromatic carbocycles. The van der Waals surface area contributed by atoms with E-state index >= 15 is 0 Å². The number of nitrogens with one attached hydrogen (secondary N) is 1. The number of halogens is 2. The van der Waals surface area contributed by atoms with E-state index in [1.54, 1.807) is 25.2 Å². The summed E-state index contributed by atoms with van der Waals surface area (Å²) < 4.78 is 36.5. The molecule has 0 bridgehead atoms. The van der Waals surface area contributed by atoms with Gasteiger partial charge in [-0.1, -0.05) is 32.0 Å². The Morgan fingerprint density at radius 3 is 2.58 bits per heavy atom. The summed E-state index contributed by atoms with van der Waals surface area (Å²) in [6, 6.07) is 11.6. The normalized spacial score (nSPS) is 22.2. The second-order valence-corrected chi connectivity index (χ2v) is 7.06. The molecule has 4 rings (SSSR count). The van der Waals surface area contributed by atoms with Crippen LogP contribution in [0.2, 0.25) is 0 Å². The van der Waals surface area contributed by atoms with Gasteiger partial charge in [-0.3, -0.25) is 0 Å². The molecular formula is C23H26BF2N3O4. The van der Waals surface area contributed by atoms with E-state index in [0.29, 0.717) is 13.0 Å². The van der Waals surface area contributed by atoms with Crippen LogP contribution in [0, 0.1) is 29.1 Å². The fourth-order valence-electron chi connectivity index (χ4n) is 3.70. The summed E-state index contributed by atoms with van der Waals surface area (Å²) in [5, 5.41) is 21.4. The molecule has 0 saturated carbocycles. The Balaban J connectivity index is 0.000000362. The zero-order chi connectivity index (χ0) is 24.4. The van der Waals surface area contributed by atoms with Crippen LogP contribution in [0.1, 0.15) is 25.8 Å². The number of carbonyl (C=O) groups is 1. The number of amides is 1. The minimum Gasteiger partial charge on any atom is -0.207 e. The number of nitriles is 1. The summed E-state index contributed by atoms with van der Waals surface area (Å²) in [6.07, 6.45) is 1.90. The molecule has 2 fully saturated rings. The molecule has 2 unspecified atom stereocenters. The quantitative estimate of drug-likeness (QED) is 0.532. The van der Waals surface area contributed by atoms with Crippen LogP contribution in [0.3, 0.4) is 0 Å². The van der Waals surface area contributed by atoms with Crippen LogP contribution in [0.5, 0.6) is 5.75 Å². The first kappa shape index (κ1) is 25.8. The van der Waals surface area contributed by atoms with Gasteiger partial charge in [-0.15, -0.1) is 0 Å². The van der Waals surface area contributed by atoms with Crippen molar-refractivity contribution in [2.45, 2.75) is 25.8 Å². The molecule has 2 N–H and O–H groups in total. The van der Waals surface area contributed by atoms with Gasteiger partial charge in [0.05, 0.1) is 0 Å². The van der Waals surface area contributed by atoms with Crippen molar-refractivity contribution in [3.63, 3.8) is 0 Å². The standard InChI is InChI=1S/C15H15BFN3O4.C6H5F.C2H6/c1-20-13(22)10-4-5-23-7-15(10,19-14(20)16-24-8-18)11-6-9(21)2-3-12(11)17;7-6-4-2-1-3-5-6;1-2/h2-3,6,10,19,21H,4-5,7H2,1H3;1-5H;1-2H3. The summed E-state index contributed by atoms with van der Waals surface area (Å²) in [7, 11) is 2.63. The van der Waals surface area contributed by atoms with Gasteiger partial charge in [0, 0.05) is 0 Å². The van der Waals surface area contributed by atoms with Crippen molar-refractivity contribution < 1.29 is 28.1 Å². The first-order valence-corrected chi connectivity index (χ1v) is 10.5. The maximum Gasteiger partial charge on any atom is 0.123 e. The van der Waals surface area contributed by atoms with Gasteiger partial charge in [0.2, 0.25) is 0 Å². The predicted molar refractivity (Wildman–Crippen MR) is 120 cm³/mol. The van der Waals surface area contributed by atoms with E-state index in [-0.39, 0.29) is 35.4 Å². The molecule has 2 heterocycles. The van der Waals surface area contributed by atoms with E-state index in [4.69, 9.17) is 10.00 Å². The summed E-state index contributed by atoms with van der Waals surface area (Å²) in [4.78, 5) is 14.1. The fourth-order valence-corrected chi connectivity index (χ4v) is 3.70. The van der Waals surface area contributed by atoms with E-state index in [1.807, 2.05) is 13.8 Å². The minimum absolute atomic E-state index is 0.0432. The van der Waals surface area contributed by atoms with Crippen LogP contribution in [-0.4, -0.2) is 49.0 Å². The van der Waals surface area contributed by atoms with E-state index in [2.05, 4.69) is 9.97 Å². The molecular weight excluding hydrogens is 431 g/mol. The Morgan fingerprint density at radius 1 is 1.27 bits per heavy atom. The van der Waals surface area contributed by atoms with E-state index in [1.165, 1.54) is 35.4 Å². The summed E-state index contributed by atoms with van der Waals surface area (Å²) in [5.74, 6) is -1.67. The summed E-state index contributed by atoms with van der Waals surface area (Å²) >= 11 is 0. The average molecular weight is 457 g/mol. The number of fused-ring (bicyclic) bond motifs is 1. The number of aromatic hydroxyl groups is 1. The van der Waals surface area contributed by atoms with Gasteiger partial charge < -0.3 is 0 Å². The van der Waals surface area contributed by atoms with Crippen LogP contribution in [-0.2, 0) is 19.7 Å². The molecule has 2 atom stereocenters. The van der Waals surface area contributed by atoms with E-state index in [9.17, 15) is 18.7 Å². The van der Waals surface area contributed by atoms with E-state index in [0.717, 1.165) is 13.2 Å². The van der Waals surface area contributed by atoms with Crippen LogP contribution < -0.4 is 5.32 Å². The molecule has 2 aliphatic rings. The molecule has 2 aromatic rings. The van der Waals surface area contributed by atoms with Gasteiger partial charge >= 0.3 is 138 Å².